The third kappa shape index (κ3) is 4.83. The van der Waals surface area contributed by atoms with E-state index in [0.29, 0.717) is 25.7 Å². The van der Waals surface area contributed by atoms with Gasteiger partial charge in [-0.25, -0.2) is 4.98 Å². The molecule has 2 N–H and O–H groups in total. The Morgan fingerprint density at radius 3 is 2.67 bits per heavy atom. The maximum absolute atomic E-state index is 11.7. The summed E-state index contributed by atoms with van der Waals surface area (Å²) in [6.45, 7) is 9.82. The van der Waals surface area contributed by atoms with E-state index in [1.165, 1.54) is 0 Å². The Hall–Kier alpha value is -1.43. The lowest BCUT2D eigenvalue weighted by atomic mass is 10.2. The van der Waals surface area contributed by atoms with Gasteiger partial charge >= 0.3 is 0 Å². The van der Waals surface area contributed by atoms with Crippen LogP contribution < -0.4 is 5.32 Å². The van der Waals surface area contributed by atoms with Crippen molar-refractivity contribution in [3.05, 3.63) is 11.6 Å². The molecule has 1 heterocycles. The van der Waals surface area contributed by atoms with Crippen molar-refractivity contribution in [2.24, 2.45) is 5.92 Å². The Morgan fingerprint density at radius 1 is 1.39 bits per heavy atom. The van der Waals surface area contributed by atoms with Crippen LogP contribution in [0.3, 0.4) is 0 Å². The number of ether oxygens (including phenoxy) is 1. The van der Waals surface area contributed by atoms with Crippen LogP contribution >= 0.6 is 0 Å². The average Bonchev–Trinajstić information content (AvgIpc) is 2.77. The molecule has 0 fully saturated rings. The Morgan fingerprint density at radius 2 is 2.11 bits per heavy atom. The van der Waals surface area contributed by atoms with Crippen molar-refractivity contribution in [3.8, 4) is 0 Å². The van der Waals surface area contributed by atoms with Gasteiger partial charge in [0.1, 0.15) is 5.82 Å². The molecule has 6 heteroatoms. The van der Waals surface area contributed by atoms with E-state index in [4.69, 9.17) is 4.74 Å². The Bertz CT molecular complexity index is 374. The lowest BCUT2D eigenvalue weighted by molar-refractivity contribution is 0.0878. The first-order chi connectivity index (χ1) is 8.50. The third-order valence-electron chi connectivity index (χ3n) is 2.24. The molecule has 0 spiro atoms. The molecular weight excluding hydrogens is 232 g/mol. The molecular formula is C12H22N4O2. The molecule has 0 aliphatic heterocycles. The molecule has 0 aliphatic carbocycles. The van der Waals surface area contributed by atoms with Gasteiger partial charge in [-0.15, -0.1) is 5.10 Å². The van der Waals surface area contributed by atoms with E-state index in [9.17, 15) is 4.79 Å². The van der Waals surface area contributed by atoms with Crippen LogP contribution in [-0.2, 0) is 4.74 Å². The average molecular weight is 254 g/mol. The number of rotatable bonds is 7. The summed E-state index contributed by atoms with van der Waals surface area (Å²) >= 11 is 0. The van der Waals surface area contributed by atoms with Gasteiger partial charge in [0.05, 0.1) is 6.61 Å². The fourth-order valence-corrected chi connectivity index (χ4v) is 1.27. The standard InChI is InChI=1S/C12H22N4O2/c1-8(2)7-18-6-5-13-12(17)11-14-10(9(3)4)15-16-11/h8-9H,5-7H2,1-4H3,(H,13,17)(H,14,15,16). The number of aromatic amines is 1. The summed E-state index contributed by atoms with van der Waals surface area (Å²) < 4.78 is 5.36. The SMILES string of the molecule is CC(C)COCCNC(=O)c1n[nH]c(C(C)C)n1. The van der Waals surface area contributed by atoms with Crippen molar-refractivity contribution in [3.63, 3.8) is 0 Å². The van der Waals surface area contributed by atoms with Crippen LogP contribution in [0, 0.1) is 5.92 Å². The van der Waals surface area contributed by atoms with Crippen molar-refractivity contribution in [2.45, 2.75) is 33.6 Å². The van der Waals surface area contributed by atoms with E-state index in [-0.39, 0.29) is 17.6 Å². The minimum absolute atomic E-state index is 0.183. The van der Waals surface area contributed by atoms with Crippen molar-refractivity contribution in [1.29, 1.82) is 0 Å². The summed E-state index contributed by atoms with van der Waals surface area (Å²) in [6.07, 6.45) is 0. The Labute approximate surface area is 108 Å². The van der Waals surface area contributed by atoms with E-state index < -0.39 is 0 Å². The van der Waals surface area contributed by atoms with Gasteiger partial charge in [0.2, 0.25) is 5.82 Å². The summed E-state index contributed by atoms with van der Waals surface area (Å²) in [6, 6.07) is 0. The molecule has 1 aromatic rings. The monoisotopic (exact) mass is 254 g/mol. The molecule has 0 radical (unpaired) electrons. The molecule has 18 heavy (non-hydrogen) atoms. The van der Waals surface area contributed by atoms with Crippen molar-refractivity contribution >= 4 is 5.91 Å². The van der Waals surface area contributed by atoms with Crippen LogP contribution in [0.1, 0.15) is 50.1 Å². The van der Waals surface area contributed by atoms with E-state index >= 15 is 0 Å². The van der Waals surface area contributed by atoms with Gasteiger partial charge in [-0.05, 0) is 5.92 Å². The second kappa shape index (κ2) is 7.10. The molecule has 1 amide bonds. The fourth-order valence-electron chi connectivity index (χ4n) is 1.27. The number of nitrogens with one attached hydrogen (secondary N) is 2. The van der Waals surface area contributed by atoms with Crippen LogP contribution in [0.5, 0.6) is 0 Å². The number of hydrogen-bond acceptors (Lipinski definition) is 4. The number of H-pyrrole nitrogens is 1. The van der Waals surface area contributed by atoms with Crippen molar-refractivity contribution < 1.29 is 9.53 Å². The van der Waals surface area contributed by atoms with E-state index in [1.54, 1.807) is 0 Å². The summed E-state index contributed by atoms with van der Waals surface area (Å²) in [5.41, 5.74) is 0. The zero-order valence-electron chi connectivity index (χ0n) is 11.5. The zero-order chi connectivity index (χ0) is 13.5. The maximum Gasteiger partial charge on any atom is 0.291 e. The van der Waals surface area contributed by atoms with Gasteiger partial charge in [0.15, 0.2) is 0 Å². The van der Waals surface area contributed by atoms with Gasteiger partial charge in [0.25, 0.3) is 5.91 Å². The summed E-state index contributed by atoms with van der Waals surface area (Å²) in [5.74, 6) is 1.36. The van der Waals surface area contributed by atoms with Crippen LogP contribution in [0.25, 0.3) is 0 Å². The summed E-state index contributed by atoms with van der Waals surface area (Å²) in [7, 11) is 0. The Balaban J connectivity index is 2.27. The predicted octanol–water partition coefficient (Wildman–Crippen LogP) is 1.33. The second-order valence-electron chi connectivity index (χ2n) is 4.92. The lowest BCUT2D eigenvalue weighted by Crippen LogP contribution is -2.28. The minimum Gasteiger partial charge on any atom is -0.379 e. The molecule has 102 valence electrons. The lowest BCUT2D eigenvalue weighted by Gasteiger charge is -2.06. The highest BCUT2D eigenvalue weighted by Crippen LogP contribution is 2.07. The highest BCUT2D eigenvalue weighted by atomic mass is 16.5. The third-order valence-corrected chi connectivity index (χ3v) is 2.24. The summed E-state index contributed by atoms with van der Waals surface area (Å²) in [4.78, 5) is 15.8. The molecule has 1 rings (SSSR count). The van der Waals surface area contributed by atoms with Crippen LogP contribution in [-0.4, -0.2) is 40.8 Å². The van der Waals surface area contributed by atoms with Gasteiger partial charge < -0.3 is 10.1 Å². The normalized spacial score (nSPS) is 11.2. The fraction of sp³-hybridized carbons (Fsp3) is 0.750. The van der Waals surface area contributed by atoms with Crippen LogP contribution in [0.4, 0.5) is 0 Å². The molecule has 0 saturated heterocycles. The molecule has 0 saturated carbocycles. The quantitative estimate of drug-likeness (QED) is 0.719. The number of aromatic nitrogens is 3. The molecule has 0 unspecified atom stereocenters. The Kier molecular flexibility index (Phi) is 5.77. The second-order valence-corrected chi connectivity index (χ2v) is 4.92. The van der Waals surface area contributed by atoms with Crippen LogP contribution in [0.15, 0.2) is 0 Å². The topological polar surface area (TPSA) is 79.9 Å². The van der Waals surface area contributed by atoms with Gasteiger partial charge in [-0.2, -0.15) is 0 Å². The first kappa shape index (κ1) is 14.6. The number of nitrogens with zero attached hydrogens (tertiary/aromatic N) is 2. The van der Waals surface area contributed by atoms with Crippen LogP contribution in [0.2, 0.25) is 0 Å². The maximum atomic E-state index is 11.7. The molecule has 0 atom stereocenters. The van der Waals surface area contributed by atoms with Crippen molar-refractivity contribution in [1.82, 2.24) is 20.5 Å². The molecule has 0 bridgehead atoms. The predicted molar refractivity (Wildman–Crippen MR) is 68.5 cm³/mol. The molecule has 0 aromatic carbocycles. The number of carbonyl (C=O) groups excluding carboxylic acids is 1. The van der Waals surface area contributed by atoms with E-state index in [0.717, 1.165) is 5.82 Å². The van der Waals surface area contributed by atoms with Crippen molar-refractivity contribution in [2.75, 3.05) is 19.8 Å². The molecule has 6 nitrogen and oxygen atoms in total. The highest BCUT2D eigenvalue weighted by molar-refractivity contribution is 5.90. The first-order valence-corrected chi connectivity index (χ1v) is 6.29. The smallest absolute Gasteiger partial charge is 0.291 e. The first-order valence-electron chi connectivity index (χ1n) is 6.29. The molecule has 1 aromatic heterocycles. The minimum atomic E-state index is -0.272. The largest absolute Gasteiger partial charge is 0.379 e. The van der Waals surface area contributed by atoms with Gasteiger partial charge in [0, 0.05) is 19.1 Å². The van der Waals surface area contributed by atoms with Gasteiger partial charge in [-0.3, -0.25) is 9.89 Å². The van der Waals surface area contributed by atoms with Gasteiger partial charge in [-0.1, -0.05) is 27.7 Å². The van der Waals surface area contributed by atoms with E-state index in [2.05, 4.69) is 34.3 Å². The number of amides is 1. The van der Waals surface area contributed by atoms with E-state index in [1.807, 2.05) is 13.8 Å². The summed E-state index contributed by atoms with van der Waals surface area (Å²) in [5, 5.41) is 9.34. The number of hydrogen-bond donors (Lipinski definition) is 2. The zero-order valence-corrected chi connectivity index (χ0v) is 11.5. The highest BCUT2D eigenvalue weighted by Gasteiger charge is 2.13. The molecule has 0 aliphatic rings. The number of carbonyl (C=O) groups is 1.